The lowest BCUT2D eigenvalue weighted by Crippen LogP contribution is -2.42. The Labute approximate surface area is 174 Å². The fourth-order valence-corrected chi connectivity index (χ4v) is 4.99. The third-order valence-electron chi connectivity index (χ3n) is 5.46. The average molecular weight is 415 g/mol. The Morgan fingerprint density at radius 2 is 2.00 bits per heavy atom. The Morgan fingerprint density at radius 3 is 2.72 bits per heavy atom. The minimum absolute atomic E-state index is 0.0294. The number of hydrogen-bond donors (Lipinski definition) is 0. The van der Waals surface area contributed by atoms with E-state index in [9.17, 15) is 4.79 Å². The molecule has 0 amide bonds. The van der Waals surface area contributed by atoms with Gasteiger partial charge in [0.2, 0.25) is 0 Å². The van der Waals surface area contributed by atoms with Crippen LogP contribution < -0.4 is 15.0 Å². The average Bonchev–Trinajstić information content (AvgIpc) is 3.16. The fourth-order valence-electron chi connectivity index (χ4n) is 3.79. The highest BCUT2D eigenvalue weighted by atomic mass is 32.1. The first-order valence-corrected chi connectivity index (χ1v) is 10.5. The molecule has 1 atom stereocenters. The molecule has 1 aliphatic rings. The summed E-state index contributed by atoms with van der Waals surface area (Å²) in [5, 5.41) is 0.765. The second-order valence-electron chi connectivity index (χ2n) is 7.38. The maximum atomic E-state index is 12.8. The highest BCUT2D eigenvalue weighted by Gasteiger charge is 2.21. The summed E-state index contributed by atoms with van der Waals surface area (Å²) in [5.74, 6) is 1.36. The number of fused-ring (bicyclic) bond motifs is 1. The minimum atomic E-state index is 0.0294. The lowest BCUT2D eigenvalue weighted by Gasteiger charge is -2.32. The molecule has 0 bridgehead atoms. The third kappa shape index (κ3) is 3.77. The van der Waals surface area contributed by atoms with E-state index in [1.807, 2.05) is 24.4 Å². The van der Waals surface area contributed by atoms with Gasteiger partial charge in [-0.1, -0.05) is 6.07 Å². The maximum Gasteiger partial charge on any atom is 0.259 e. The van der Waals surface area contributed by atoms with Gasteiger partial charge in [-0.15, -0.1) is 11.3 Å². The van der Waals surface area contributed by atoms with Crippen molar-refractivity contribution in [2.75, 3.05) is 34.0 Å². The first kappa shape index (κ1) is 19.9. The van der Waals surface area contributed by atoms with E-state index in [4.69, 9.17) is 14.2 Å². The van der Waals surface area contributed by atoms with Crippen molar-refractivity contribution in [2.45, 2.75) is 19.5 Å². The normalized spacial score (nSPS) is 17.6. The molecule has 154 valence electrons. The van der Waals surface area contributed by atoms with E-state index in [1.165, 1.54) is 4.88 Å². The molecular formula is C22H26N2O4S. The number of aromatic nitrogens is 1. The number of hydrogen-bond acceptors (Lipinski definition) is 6. The summed E-state index contributed by atoms with van der Waals surface area (Å²) in [6, 6.07) is 8.29. The molecule has 1 unspecified atom stereocenters. The summed E-state index contributed by atoms with van der Waals surface area (Å²) in [7, 11) is 5.05. The van der Waals surface area contributed by atoms with Gasteiger partial charge in [-0.05, 0) is 30.7 Å². The van der Waals surface area contributed by atoms with Gasteiger partial charge < -0.3 is 18.8 Å². The van der Waals surface area contributed by atoms with Gasteiger partial charge in [-0.3, -0.25) is 9.69 Å². The second-order valence-corrected chi connectivity index (χ2v) is 8.52. The number of thiophene rings is 1. The SMILES string of the molecule is COc1ccc(-c2cn(C)c(=O)c3cc(CN4CCOCC4C)sc23)cc1OC. The molecule has 0 aliphatic carbocycles. The molecule has 1 saturated heterocycles. The summed E-state index contributed by atoms with van der Waals surface area (Å²) in [6.45, 7) is 5.44. The molecule has 0 radical (unpaired) electrons. The number of pyridine rings is 1. The number of methoxy groups -OCH3 is 2. The third-order valence-corrected chi connectivity index (χ3v) is 6.61. The highest BCUT2D eigenvalue weighted by Crippen LogP contribution is 2.37. The Hall–Kier alpha value is -2.35. The van der Waals surface area contributed by atoms with Crippen LogP contribution in [0.25, 0.3) is 21.2 Å². The number of nitrogens with zero attached hydrogens (tertiary/aromatic N) is 2. The van der Waals surface area contributed by atoms with E-state index in [-0.39, 0.29) is 5.56 Å². The van der Waals surface area contributed by atoms with Crippen molar-refractivity contribution in [3.05, 3.63) is 45.7 Å². The zero-order chi connectivity index (χ0) is 20.5. The van der Waals surface area contributed by atoms with Crippen molar-refractivity contribution >= 4 is 21.4 Å². The topological polar surface area (TPSA) is 52.9 Å². The van der Waals surface area contributed by atoms with Crippen LogP contribution in [0.4, 0.5) is 0 Å². The van der Waals surface area contributed by atoms with Gasteiger partial charge in [-0.2, -0.15) is 0 Å². The monoisotopic (exact) mass is 414 g/mol. The molecular weight excluding hydrogens is 388 g/mol. The molecule has 1 aromatic carbocycles. The Bertz CT molecular complexity index is 1090. The zero-order valence-corrected chi connectivity index (χ0v) is 18.0. The van der Waals surface area contributed by atoms with Crippen molar-refractivity contribution in [1.29, 1.82) is 0 Å². The molecule has 29 heavy (non-hydrogen) atoms. The number of aryl methyl sites for hydroxylation is 1. The Kier molecular flexibility index (Phi) is 5.63. The van der Waals surface area contributed by atoms with Crippen LogP contribution in [0.2, 0.25) is 0 Å². The largest absolute Gasteiger partial charge is 0.493 e. The Morgan fingerprint density at radius 1 is 1.21 bits per heavy atom. The lowest BCUT2D eigenvalue weighted by molar-refractivity contribution is -0.00390. The van der Waals surface area contributed by atoms with Gasteiger partial charge in [0.1, 0.15) is 0 Å². The number of morpholine rings is 1. The first-order chi connectivity index (χ1) is 14.0. The van der Waals surface area contributed by atoms with Crippen LogP contribution in [0.15, 0.2) is 35.3 Å². The molecule has 6 nitrogen and oxygen atoms in total. The lowest BCUT2D eigenvalue weighted by atomic mass is 10.1. The van der Waals surface area contributed by atoms with Crippen LogP contribution in [0.3, 0.4) is 0 Å². The standard InChI is InChI=1S/C22H26N2O4S/c1-14-13-28-8-7-24(14)11-16-10-17-21(29-16)18(12-23(2)22(17)25)15-5-6-19(26-3)20(9-15)27-4/h5-6,9-10,12,14H,7-8,11,13H2,1-4H3. The van der Waals surface area contributed by atoms with E-state index in [2.05, 4.69) is 17.9 Å². The number of rotatable bonds is 5. The smallest absolute Gasteiger partial charge is 0.259 e. The van der Waals surface area contributed by atoms with Crippen LogP contribution in [0.5, 0.6) is 11.5 Å². The van der Waals surface area contributed by atoms with Crippen molar-refractivity contribution in [3.8, 4) is 22.6 Å². The highest BCUT2D eigenvalue weighted by molar-refractivity contribution is 7.19. The van der Waals surface area contributed by atoms with Gasteiger partial charge in [0, 0.05) is 47.5 Å². The summed E-state index contributed by atoms with van der Waals surface area (Å²) in [4.78, 5) is 16.4. The number of ether oxygens (including phenoxy) is 3. The van der Waals surface area contributed by atoms with Crippen molar-refractivity contribution < 1.29 is 14.2 Å². The Balaban J connectivity index is 1.79. The fraction of sp³-hybridized carbons (Fsp3) is 0.409. The van der Waals surface area contributed by atoms with Crippen molar-refractivity contribution in [1.82, 2.24) is 9.47 Å². The first-order valence-electron chi connectivity index (χ1n) is 9.68. The van der Waals surface area contributed by atoms with E-state index in [0.29, 0.717) is 17.5 Å². The van der Waals surface area contributed by atoms with Crippen LogP contribution in [-0.4, -0.2) is 49.5 Å². The molecule has 7 heteroatoms. The molecule has 4 rings (SSSR count). The van der Waals surface area contributed by atoms with Crippen LogP contribution in [0.1, 0.15) is 11.8 Å². The van der Waals surface area contributed by atoms with E-state index < -0.39 is 0 Å². The van der Waals surface area contributed by atoms with Gasteiger partial charge >= 0.3 is 0 Å². The van der Waals surface area contributed by atoms with Crippen LogP contribution in [-0.2, 0) is 18.3 Å². The van der Waals surface area contributed by atoms with Crippen LogP contribution >= 0.6 is 11.3 Å². The molecule has 1 fully saturated rings. The summed E-state index contributed by atoms with van der Waals surface area (Å²) < 4.78 is 19.0. The predicted molar refractivity (Wildman–Crippen MR) is 116 cm³/mol. The molecule has 3 aromatic rings. The van der Waals surface area contributed by atoms with Gasteiger partial charge in [-0.25, -0.2) is 0 Å². The minimum Gasteiger partial charge on any atom is -0.493 e. The van der Waals surface area contributed by atoms with Gasteiger partial charge in [0.05, 0.1) is 32.8 Å². The summed E-state index contributed by atoms with van der Waals surface area (Å²) >= 11 is 1.69. The van der Waals surface area contributed by atoms with E-state index >= 15 is 0 Å². The van der Waals surface area contributed by atoms with Crippen LogP contribution in [0, 0.1) is 0 Å². The molecule has 1 aliphatic heterocycles. The predicted octanol–water partition coefficient (Wildman–Crippen LogP) is 3.50. The van der Waals surface area contributed by atoms with E-state index in [0.717, 1.165) is 47.5 Å². The molecule has 0 N–H and O–H groups in total. The van der Waals surface area contributed by atoms with Crippen molar-refractivity contribution in [3.63, 3.8) is 0 Å². The molecule has 3 heterocycles. The molecule has 2 aromatic heterocycles. The summed E-state index contributed by atoms with van der Waals surface area (Å²) in [5.41, 5.74) is 2.05. The zero-order valence-electron chi connectivity index (χ0n) is 17.2. The van der Waals surface area contributed by atoms with Crippen molar-refractivity contribution in [2.24, 2.45) is 7.05 Å². The maximum absolute atomic E-state index is 12.8. The number of benzene rings is 1. The quantitative estimate of drug-likeness (QED) is 0.640. The molecule has 0 saturated carbocycles. The summed E-state index contributed by atoms with van der Waals surface area (Å²) in [6.07, 6.45) is 1.91. The van der Waals surface area contributed by atoms with Gasteiger partial charge in [0.15, 0.2) is 11.5 Å². The van der Waals surface area contributed by atoms with Gasteiger partial charge in [0.25, 0.3) is 5.56 Å². The molecule has 0 spiro atoms. The van der Waals surface area contributed by atoms with E-state index in [1.54, 1.807) is 37.2 Å². The second kappa shape index (κ2) is 8.18.